The van der Waals surface area contributed by atoms with Crippen LogP contribution in [0, 0.1) is 5.92 Å². The van der Waals surface area contributed by atoms with Crippen molar-refractivity contribution < 1.29 is 24.2 Å². The Balaban J connectivity index is 1.64. The van der Waals surface area contributed by atoms with Gasteiger partial charge in [-0.2, -0.15) is 0 Å². The van der Waals surface area contributed by atoms with Gasteiger partial charge in [-0.15, -0.1) is 0 Å². The number of phenols is 1. The van der Waals surface area contributed by atoms with Crippen molar-refractivity contribution >= 4 is 11.7 Å². The number of ether oxygens (including phenoxy) is 2. The summed E-state index contributed by atoms with van der Waals surface area (Å²) in [5, 5.41) is 13.2. The van der Waals surface area contributed by atoms with Gasteiger partial charge in [-0.25, -0.2) is 0 Å². The quantitative estimate of drug-likeness (QED) is 0.860. The van der Waals surface area contributed by atoms with Gasteiger partial charge in [0.05, 0.1) is 6.42 Å². The van der Waals surface area contributed by atoms with Crippen molar-refractivity contribution in [3.8, 4) is 17.2 Å². The van der Waals surface area contributed by atoms with E-state index < -0.39 is 5.60 Å². The van der Waals surface area contributed by atoms with Crippen molar-refractivity contribution in [2.45, 2.75) is 64.5 Å². The van der Waals surface area contributed by atoms with E-state index in [1.807, 2.05) is 13.8 Å². The molecule has 2 N–H and O–H groups in total. The minimum atomic E-state index is -0.635. The molecule has 142 valence electrons. The van der Waals surface area contributed by atoms with E-state index >= 15 is 0 Å². The van der Waals surface area contributed by atoms with Crippen LogP contribution < -0.4 is 14.8 Å². The van der Waals surface area contributed by atoms with E-state index in [4.69, 9.17) is 9.47 Å². The van der Waals surface area contributed by atoms with Crippen molar-refractivity contribution in [1.82, 2.24) is 5.32 Å². The number of benzene rings is 1. The predicted molar refractivity (Wildman–Crippen MR) is 96.8 cm³/mol. The maximum Gasteiger partial charge on any atom is 0.258 e. The smallest absolute Gasteiger partial charge is 0.258 e. The van der Waals surface area contributed by atoms with E-state index in [1.54, 1.807) is 6.07 Å². The average Bonchev–Trinajstić information content (AvgIpc) is 2.53. The number of phenolic OH excluding ortho intramolecular Hbond substituents is 1. The van der Waals surface area contributed by atoms with Gasteiger partial charge in [0.1, 0.15) is 28.4 Å². The van der Waals surface area contributed by atoms with Crippen LogP contribution in [0.15, 0.2) is 12.1 Å². The lowest BCUT2D eigenvalue weighted by Gasteiger charge is -2.32. The molecule has 0 unspecified atom stereocenters. The first-order chi connectivity index (χ1) is 12.2. The second-order valence-corrected chi connectivity index (χ2v) is 8.00. The maximum atomic E-state index is 12.2. The number of aromatic hydroxyl groups is 1. The molecule has 1 aromatic rings. The van der Waals surface area contributed by atoms with Crippen LogP contribution in [0.2, 0.25) is 0 Å². The number of fused-ring (bicyclic) bond motifs is 1. The van der Waals surface area contributed by atoms with Crippen LogP contribution in [0.1, 0.15) is 63.2 Å². The Kier molecular flexibility index (Phi) is 5.12. The van der Waals surface area contributed by atoms with E-state index in [0.717, 1.165) is 19.3 Å². The third-order valence-electron chi connectivity index (χ3n) is 5.13. The first kappa shape index (κ1) is 18.5. The number of rotatable bonds is 4. The van der Waals surface area contributed by atoms with Gasteiger partial charge >= 0.3 is 0 Å². The van der Waals surface area contributed by atoms with Gasteiger partial charge in [0.25, 0.3) is 5.91 Å². The molecule has 2 atom stereocenters. The summed E-state index contributed by atoms with van der Waals surface area (Å²) in [5.41, 5.74) is -0.457. The number of carbonyl (C=O) groups excluding carboxylic acids is 2. The summed E-state index contributed by atoms with van der Waals surface area (Å²) >= 11 is 0. The van der Waals surface area contributed by atoms with Gasteiger partial charge in [0, 0.05) is 18.2 Å². The van der Waals surface area contributed by atoms with Gasteiger partial charge in [-0.1, -0.05) is 19.8 Å². The summed E-state index contributed by atoms with van der Waals surface area (Å²) in [6.45, 7) is 5.65. The summed E-state index contributed by atoms with van der Waals surface area (Å²) in [6, 6.07) is 3.11. The number of nitrogens with one attached hydrogen (secondary N) is 1. The van der Waals surface area contributed by atoms with E-state index in [0.29, 0.717) is 17.4 Å². The van der Waals surface area contributed by atoms with Crippen LogP contribution in [-0.2, 0) is 4.79 Å². The van der Waals surface area contributed by atoms with Crippen molar-refractivity contribution in [3.05, 3.63) is 17.7 Å². The zero-order valence-electron chi connectivity index (χ0n) is 15.6. The molecule has 0 bridgehead atoms. The molecule has 1 heterocycles. The minimum Gasteiger partial charge on any atom is -0.507 e. The summed E-state index contributed by atoms with van der Waals surface area (Å²) in [5.74, 6) is 0.546. The van der Waals surface area contributed by atoms with E-state index in [1.165, 1.54) is 12.5 Å². The fourth-order valence-electron chi connectivity index (χ4n) is 3.76. The summed E-state index contributed by atoms with van der Waals surface area (Å²) < 4.78 is 11.3. The second-order valence-electron chi connectivity index (χ2n) is 8.00. The Hall–Kier alpha value is -2.24. The van der Waals surface area contributed by atoms with Crippen LogP contribution in [0.5, 0.6) is 17.2 Å². The lowest BCUT2D eigenvalue weighted by Crippen LogP contribution is -2.43. The number of carbonyl (C=O) groups is 2. The van der Waals surface area contributed by atoms with Crippen LogP contribution in [0.3, 0.4) is 0 Å². The van der Waals surface area contributed by atoms with Gasteiger partial charge in [-0.3, -0.25) is 9.59 Å². The molecule has 2 aliphatic rings. The van der Waals surface area contributed by atoms with Gasteiger partial charge < -0.3 is 19.9 Å². The molecule has 0 saturated heterocycles. The van der Waals surface area contributed by atoms with Crippen molar-refractivity contribution in [2.24, 2.45) is 5.92 Å². The molecule has 1 amide bonds. The lowest BCUT2D eigenvalue weighted by atomic mass is 9.86. The number of Topliss-reactive ketones (excluding diaryl/α,β-unsaturated/α-hetero) is 1. The van der Waals surface area contributed by atoms with Crippen LogP contribution in [-0.4, -0.2) is 35.0 Å². The highest BCUT2D eigenvalue weighted by atomic mass is 16.5. The Morgan fingerprint density at radius 1 is 1.35 bits per heavy atom. The summed E-state index contributed by atoms with van der Waals surface area (Å²) in [7, 11) is 0. The van der Waals surface area contributed by atoms with Crippen molar-refractivity contribution in [1.29, 1.82) is 0 Å². The number of ketones is 1. The molecule has 1 aliphatic carbocycles. The molecule has 1 aliphatic heterocycles. The highest BCUT2D eigenvalue weighted by molar-refractivity contribution is 6.03. The molecule has 26 heavy (non-hydrogen) atoms. The van der Waals surface area contributed by atoms with E-state index in [-0.39, 0.29) is 42.1 Å². The minimum absolute atomic E-state index is 0.140. The fourth-order valence-corrected chi connectivity index (χ4v) is 3.76. The zero-order chi connectivity index (χ0) is 18.9. The first-order valence-corrected chi connectivity index (χ1v) is 9.26. The topological polar surface area (TPSA) is 84.9 Å². The largest absolute Gasteiger partial charge is 0.507 e. The molecule has 0 aromatic heterocycles. The van der Waals surface area contributed by atoms with Gasteiger partial charge in [0.2, 0.25) is 0 Å². The molecule has 0 spiro atoms. The molecule has 1 aromatic carbocycles. The molecule has 6 nitrogen and oxygen atoms in total. The Labute approximate surface area is 153 Å². The molecule has 0 radical (unpaired) electrons. The number of hydrogen-bond acceptors (Lipinski definition) is 5. The van der Waals surface area contributed by atoms with E-state index in [2.05, 4.69) is 12.2 Å². The van der Waals surface area contributed by atoms with Crippen LogP contribution in [0.4, 0.5) is 0 Å². The molecule has 3 rings (SSSR count). The Morgan fingerprint density at radius 2 is 2.08 bits per heavy atom. The standard InChI is InChI=1S/C20H27NO5/c1-12-6-4-5-7-14(12)21-18(24)11-25-13-8-15(22)19-16(23)10-20(2,3)26-17(19)9-13/h8-9,12,14,22H,4-7,10-11H2,1-3H3,(H,21,24)/t12-,14+/m1/s1. The highest BCUT2D eigenvalue weighted by Crippen LogP contribution is 2.40. The van der Waals surface area contributed by atoms with Crippen molar-refractivity contribution in [3.63, 3.8) is 0 Å². The summed E-state index contributed by atoms with van der Waals surface area (Å²) in [6.07, 6.45) is 4.68. The van der Waals surface area contributed by atoms with Gasteiger partial charge in [-0.05, 0) is 32.6 Å². The zero-order valence-corrected chi connectivity index (χ0v) is 15.6. The molecular formula is C20H27NO5. The number of amides is 1. The molecule has 6 heteroatoms. The van der Waals surface area contributed by atoms with E-state index in [9.17, 15) is 14.7 Å². The SMILES string of the molecule is C[C@@H]1CCCC[C@@H]1NC(=O)COc1cc(O)c2c(c1)OC(C)(C)CC2=O. The Bertz CT molecular complexity index is 712. The lowest BCUT2D eigenvalue weighted by molar-refractivity contribution is -0.124. The molecular weight excluding hydrogens is 334 g/mol. The predicted octanol–water partition coefficient (Wildman–Crippen LogP) is 3.21. The third kappa shape index (κ3) is 4.11. The molecule has 1 fully saturated rings. The maximum absolute atomic E-state index is 12.2. The first-order valence-electron chi connectivity index (χ1n) is 9.26. The van der Waals surface area contributed by atoms with Crippen LogP contribution >= 0.6 is 0 Å². The monoisotopic (exact) mass is 361 g/mol. The Morgan fingerprint density at radius 3 is 2.81 bits per heavy atom. The van der Waals surface area contributed by atoms with Crippen molar-refractivity contribution in [2.75, 3.05) is 6.61 Å². The second kappa shape index (κ2) is 7.17. The third-order valence-corrected chi connectivity index (χ3v) is 5.13. The average molecular weight is 361 g/mol. The highest BCUT2D eigenvalue weighted by Gasteiger charge is 2.35. The molecule has 1 saturated carbocycles. The number of hydrogen-bond donors (Lipinski definition) is 2. The van der Waals surface area contributed by atoms with Crippen LogP contribution in [0.25, 0.3) is 0 Å². The normalized spacial score (nSPS) is 24.3. The fraction of sp³-hybridized carbons (Fsp3) is 0.600. The van der Waals surface area contributed by atoms with Gasteiger partial charge in [0.15, 0.2) is 12.4 Å². The summed E-state index contributed by atoms with van der Waals surface area (Å²) in [4.78, 5) is 24.4.